The van der Waals surface area contributed by atoms with Crippen LogP contribution in [0.1, 0.15) is 12.5 Å². The van der Waals surface area contributed by atoms with E-state index in [4.69, 9.17) is 9.73 Å². The molecule has 0 bridgehead atoms. The lowest BCUT2D eigenvalue weighted by Crippen LogP contribution is -2.49. The average Bonchev–Trinajstić information content (AvgIpc) is 2.56. The Morgan fingerprint density at radius 2 is 1.95 bits per heavy atom. The first-order valence-electron chi connectivity index (χ1n) is 7.98. The first-order valence-corrected chi connectivity index (χ1v) is 7.98. The molecule has 5 heteroatoms. The number of nitrogens with one attached hydrogen (secondary N) is 1. The molecule has 1 unspecified atom stereocenters. The summed E-state index contributed by atoms with van der Waals surface area (Å²) in [6.45, 7) is 7.56. The third-order valence-electron chi connectivity index (χ3n) is 3.90. The van der Waals surface area contributed by atoms with Crippen LogP contribution in [0.3, 0.4) is 0 Å². The SMILES string of the molecule is CC(CNC(=NCc1ccccc1)N(C)C)N1CCOCC1. The van der Waals surface area contributed by atoms with E-state index in [1.54, 1.807) is 0 Å². The van der Waals surface area contributed by atoms with E-state index in [0.717, 1.165) is 38.8 Å². The summed E-state index contributed by atoms with van der Waals surface area (Å²) in [4.78, 5) is 9.19. The van der Waals surface area contributed by atoms with E-state index in [2.05, 4.69) is 29.3 Å². The fraction of sp³-hybridized carbons (Fsp3) is 0.588. The van der Waals surface area contributed by atoms with Gasteiger partial charge in [0, 0.05) is 39.8 Å². The monoisotopic (exact) mass is 304 g/mol. The van der Waals surface area contributed by atoms with E-state index in [9.17, 15) is 0 Å². The van der Waals surface area contributed by atoms with Crippen molar-refractivity contribution in [1.29, 1.82) is 0 Å². The first kappa shape index (κ1) is 16.8. The molecule has 5 nitrogen and oxygen atoms in total. The molecular weight excluding hydrogens is 276 g/mol. The summed E-state index contributed by atoms with van der Waals surface area (Å²) in [7, 11) is 4.05. The number of ether oxygens (including phenoxy) is 1. The molecule has 0 spiro atoms. The van der Waals surface area contributed by atoms with Gasteiger partial charge in [0.05, 0.1) is 19.8 Å². The van der Waals surface area contributed by atoms with E-state index < -0.39 is 0 Å². The lowest BCUT2D eigenvalue weighted by molar-refractivity contribution is 0.0211. The molecule has 1 aliphatic heterocycles. The number of morpholine rings is 1. The topological polar surface area (TPSA) is 40.1 Å². The van der Waals surface area contributed by atoms with Gasteiger partial charge in [-0.3, -0.25) is 4.90 Å². The number of nitrogens with zero attached hydrogens (tertiary/aromatic N) is 3. The third kappa shape index (κ3) is 5.31. The number of hydrogen-bond donors (Lipinski definition) is 1. The fourth-order valence-corrected chi connectivity index (χ4v) is 2.49. The molecule has 1 atom stereocenters. The molecule has 0 saturated carbocycles. The van der Waals surface area contributed by atoms with Gasteiger partial charge in [-0.1, -0.05) is 30.3 Å². The summed E-state index contributed by atoms with van der Waals surface area (Å²) in [5, 5.41) is 3.48. The van der Waals surface area contributed by atoms with Crippen LogP contribution in [0.5, 0.6) is 0 Å². The van der Waals surface area contributed by atoms with Crippen LogP contribution in [0.25, 0.3) is 0 Å². The van der Waals surface area contributed by atoms with Gasteiger partial charge in [-0.2, -0.15) is 0 Å². The number of hydrogen-bond acceptors (Lipinski definition) is 3. The van der Waals surface area contributed by atoms with Crippen molar-refractivity contribution < 1.29 is 4.74 Å². The molecule has 1 saturated heterocycles. The predicted octanol–water partition coefficient (Wildman–Crippen LogP) is 1.41. The zero-order valence-corrected chi connectivity index (χ0v) is 14.0. The van der Waals surface area contributed by atoms with Gasteiger partial charge < -0.3 is 15.0 Å². The second-order valence-corrected chi connectivity index (χ2v) is 5.90. The lowest BCUT2D eigenvalue weighted by Gasteiger charge is -2.33. The molecular formula is C17H28N4O. The van der Waals surface area contributed by atoms with Gasteiger partial charge in [0.2, 0.25) is 0 Å². The quantitative estimate of drug-likeness (QED) is 0.660. The fourth-order valence-electron chi connectivity index (χ4n) is 2.49. The van der Waals surface area contributed by atoms with Crippen molar-refractivity contribution in [3.63, 3.8) is 0 Å². The smallest absolute Gasteiger partial charge is 0.193 e. The van der Waals surface area contributed by atoms with Crippen LogP contribution >= 0.6 is 0 Å². The van der Waals surface area contributed by atoms with E-state index in [-0.39, 0.29) is 0 Å². The molecule has 1 N–H and O–H groups in total. The maximum atomic E-state index is 5.41. The van der Waals surface area contributed by atoms with Gasteiger partial charge in [0.1, 0.15) is 0 Å². The first-order chi connectivity index (χ1) is 10.7. The van der Waals surface area contributed by atoms with Crippen molar-refractivity contribution >= 4 is 5.96 Å². The van der Waals surface area contributed by atoms with Crippen LogP contribution < -0.4 is 5.32 Å². The Labute approximate surface area is 134 Å². The number of guanidine groups is 1. The van der Waals surface area contributed by atoms with Crippen LogP contribution in [0.4, 0.5) is 0 Å². The molecule has 1 aromatic rings. The number of rotatable bonds is 5. The van der Waals surface area contributed by atoms with Crippen molar-refractivity contribution in [2.24, 2.45) is 4.99 Å². The molecule has 1 fully saturated rings. The largest absolute Gasteiger partial charge is 0.379 e. The second kappa shape index (κ2) is 8.76. The Hall–Kier alpha value is -1.59. The standard InChI is InChI=1S/C17H28N4O/c1-15(21-9-11-22-12-10-21)13-18-17(20(2)3)19-14-16-7-5-4-6-8-16/h4-8,15H,9-14H2,1-3H3,(H,18,19). The van der Waals surface area contributed by atoms with Gasteiger partial charge in [0.25, 0.3) is 0 Å². The highest BCUT2D eigenvalue weighted by Crippen LogP contribution is 2.03. The number of aliphatic imine (C=N–C) groups is 1. The Morgan fingerprint density at radius 3 is 2.59 bits per heavy atom. The van der Waals surface area contributed by atoms with Gasteiger partial charge >= 0.3 is 0 Å². The minimum atomic E-state index is 0.478. The highest BCUT2D eigenvalue weighted by molar-refractivity contribution is 5.79. The molecule has 2 rings (SSSR count). The van der Waals surface area contributed by atoms with Crippen molar-refractivity contribution in [3.8, 4) is 0 Å². The molecule has 122 valence electrons. The summed E-state index contributed by atoms with van der Waals surface area (Å²) in [6, 6.07) is 10.8. The predicted molar refractivity (Wildman–Crippen MR) is 91.1 cm³/mol. The van der Waals surface area contributed by atoms with Crippen LogP contribution in [0, 0.1) is 0 Å². The van der Waals surface area contributed by atoms with E-state index in [0.29, 0.717) is 12.6 Å². The molecule has 0 amide bonds. The normalized spacial score (nSPS) is 18.0. The van der Waals surface area contributed by atoms with Crippen LogP contribution in [-0.4, -0.2) is 68.7 Å². The lowest BCUT2D eigenvalue weighted by atomic mass is 10.2. The minimum absolute atomic E-state index is 0.478. The van der Waals surface area contributed by atoms with E-state index >= 15 is 0 Å². The van der Waals surface area contributed by atoms with Crippen LogP contribution in [0.2, 0.25) is 0 Å². The van der Waals surface area contributed by atoms with E-state index in [1.165, 1.54) is 5.56 Å². The van der Waals surface area contributed by atoms with Crippen molar-refractivity contribution in [1.82, 2.24) is 15.1 Å². The highest BCUT2D eigenvalue weighted by atomic mass is 16.5. The molecule has 1 heterocycles. The van der Waals surface area contributed by atoms with Crippen molar-refractivity contribution in [2.45, 2.75) is 19.5 Å². The maximum absolute atomic E-state index is 5.41. The summed E-state index contributed by atoms with van der Waals surface area (Å²) in [5.74, 6) is 0.934. The summed E-state index contributed by atoms with van der Waals surface area (Å²) >= 11 is 0. The summed E-state index contributed by atoms with van der Waals surface area (Å²) < 4.78 is 5.41. The van der Waals surface area contributed by atoms with Crippen LogP contribution in [-0.2, 0) is 11.3 Å². The molecule has 22 heavy (non-hydrogen) atoms. The molecule has 1 aromatic carbocycles. The molecule has 0 aliphatic carbocycles. The Bertz CT molecular complexity index is 455. The Morgan fingerprint density at radius 1 is 1.27 bits per heavy atom. The van der Waals surface area contributed by atoms with Crippen molar-refractivity contribution in [2.75, 3.05) is 46.9 Å². The average molecular weight is 304 g/mol. The second-order valence-electron chi connectivity index (χ2n) is 5.90. The summed E-state index contributed by atoms with van der Waals surface area (Å²) in [5.41, 5.74) is 1.23. The molecule has 0 radical (unpaired) electrons. The minimum Gasteiger partial charge on any atom is -0.379 e. The number of benzene rings is 1. The Kier molecular flexibility index (Phi) is 6.68. The summed E-state index contributed by atoms with van der Waals surface area (Å²) in [6.07, 6.45) is 0. The zero-order valence-electron chi connectivity index (χ0n) is 14.0. The third-order valence-corrected chi connectivity index (χ3v) is 3.90. The van der Waals surface area contributed by atoms with Gasteiger partial charge in [-0.15, -0.1) is 0 Å². The van der Waals surface area contributed by atoms with Gasteiger partial charge in [0.15, 0.2) is 5.96 Å². The van der Waals surface area contributed by atoms with Crippen LogP contribution in [0.15, 0.2) is 35.3 Å². The maximum Gasteiger partial charge on any atom is 0.193 e. The molecule has 1 aliphatic rings. The molecule has 0 aromatic heterocycles. The van der Waals surface area contributed by atoms with Gasteiger partial charge in [-0.05, 0) is 12.5 Å². The Balaban J connectivity index is 1.85. The van der Waals surface area contributed by atoms with E-state index in [1.807, 2.05) is 37.2 Å². The van der Waals surface area contributed by atoms with Crippen molar-refractivity contribution in [3.05, 3.63) is 35.9 Å². The zero-order chi connectivity index (χ0) is 15.8. The highest BCUT2D eigenvalue weighted by Gasteiger charge is 2.17. The van der Waals surface area contributed by atoms with Gasteiger partial charge in [-0.25, -0.2) is 4.99 Å².